The van der Waals surface area contributed by atoms with E-state index >= 15 is 0 Å². The maximum Gasteiger partial charge on any atom is 0.224 e. The lowest BCUT2D eigenvalue weighted by atomic mass is 10.2. The Morgan fingerprint density at radius 2 is 1.73 bits per heavy atom. The fraction of sp³-hybridized carbons (Fsp3) is 0.818. The summed E-state index contributed by atoms with van der Waals surface area (Å²) < 4.78 is 0. The second kappa shape index (κ2) is 3.83. The molecule has 4 heteroatoms. The van der Waals surface area contributed by atoms with E-state index in [0.29, 0.717) is 6.04 Å². The van der Waals surface area contributed by atoms with Gasteiger partial charge in [-0.15, -0.1) is 0 Å². The van der Waals surface area contributed by atoms with E-state index in [4.69, 9.17) is 0 Å². The molecule has 15 heavy (non-hydrogen) atoms. The fourth-order valence-corrected chi connectivity index (χ4v) is 1.70. The minimum Gasteiger partial charge on any atom is -0.354 e. The fourth-order valence-electron chi connectivity index (χ4n) is 1.70. The average Bonchev–Trinajstić information content (AvgIpc) is 2.98. The van der Waals surface area contributed by atoms with E-state index in [2.05, 4.69) is 10.6 Å². The summed E-state index contributed by atoms with van der Waals surface area (Å²) in [5, 5.41) is 5.77. The van der Waals surface area contributed by atoms with Gasteiger partial charge in [0.15, 0.2) is 0 Å². The van der Waals surface area contributed by atoms with Crippen molar-refractivity contribution in [1.29, 1.82) is 0 Å². The van der Waals surface area contributed by atoms with E-state index in [0.717, 1.165) is 19.3 Å². The molecule has 2 amide bonds. The Kier molecular flexibility index (Phi) is 2.67. The van der Waals surface area contributed by atoms with Gasteiger partial charge >= 0.3 is 0 Å². The van der Waals surface area contributed by atoms with Crippen LogP contribution in [-0.2, 0) is 9.59 Å². The van der Waals surface area contributed by atoms with Crippen LogP contribution in [0.25, 0.3) is 0 Å². The Labute approximate surface area is 89.8 Å². The summed E-state index contributed by atoms with van der Waals surface area (Å²) in [7, 11) is 0. The lowest BCUT2D eigenvalue weighted by molar-refractivity contribution is -0.127. The van der Waals surface area contributed by atoms with Crippen molar-refractivity contribution < 1.29 is 9.59 Å². The molecule has 0 radical (unpaired) electrons. The molecule has 0 aromatic rings. The van der Waals surface area contributed by atoms with Crippen molar-refractivity contribution in [3.63, 3.8) is 0 Å². The van der Waals surface area contributed by atoms with Crippen LogP contribution in [0.15, 0.2) is 0 Å². The molecule has 0 aromatic carbocycles. The van der Waals surface area contributed by atoms with Crippen molar-refractivity contribution in [2.75, 3.05) is 0 Å². The van der Waals surface area contributed by atoms with Crippen molar-refractivity contribution in [3.05, 3.63) is 0 Å². The minimum absolute atomic E-state index is 0.0287. The number of carbonyl (C=O) groups excluding carboxylic acids is 2. The first kappa shape index (κ1) is 10.5. The van der Waals surface area contributed by atoms with Crippen LogP contribution in [0.5, 0.6) is 0 Å². The van der Waals surface area contributed by atoms with Crippen LogP contribution in [0, 0.1) is 11.8 Å². The smallest absolute Gasteiger partial charge is 0.224 e. The second-order valence-electron chi connectivity index (χ2n) is 4.89. The zero-order valence-corrected chi connectivity index (χ0v) is 9.25. The van der Waals surface area contributed by atoms with Gasteiger partial charge in [0.05, 0.1) is 11.8 Å². The first-order valence-corrected chi connectivity index (χ1v) is 5.68. The molecular weight excluding hydrogens is 192 g/mol. The van der Waals surface area contributed by atoms with Crippen LogP contribution >= 0.6 is 0 Å². The average molecular weight is 210 g/mol. The third-order valence-corrected chi connectivity index (χ3v) is 2.82. The molecule has 2 N–H and O–H groups in total. The quantitative estimate of drug-likeness (QED) is 0.706. The third kappa shape index (κ3) is 2.70. The molecule has 2 atom stereocenters. The van der Waals surface area contributed by atoms with Crippen LogP contribution in [-0.4, -0.2) is 23.9 Å². The Hall–Kier alpha value is -1.06. The summed E-state index contributed by atoms with van der Waals surface area (Å²) in [5.74, 6) is -0.0437. The van der Waals surface area contributed by atoms with Gasteiger partial charge in [0.25, 0.3) is 0 Å². The third-order valence-electron chi connectivity index (χ3n) is 2.82. The molecular formula is C11H18N2O2. The predicted molar refractivity (Wildman–Crippen MR) is 56.0 cm³/mol. The van der Waals surface area contributed by atoms with Crippen LogP contribution in [0.3, 0.4) is 0 Å². The van der Waals surface area contributed by atoms with E-state index < -0.39 is 0 Å². The van der Waals surface area contributed by atoms with E-state index in [-0.39, 0.29) is 29.7 Å². The molecule has 2 saturated carbocycles. The van der Waals surface area contributed by atoms with E-state index in [9.17, 15) is 9.59 Å². The molecule has 0 heterocycles. The Morgan fingerprint density at radius 1 is 1.13 bits per heavy atom. The molecule has 2 aliphatic rings. The van der Waals surface area contributed by atoms with Crippen molar-refractivity contribution in [3.8, 4) is 0 Å². The highest BCUT2D eigenvalue weighted by atomic mass is 16.2. The largest absolute Gasteiger partial charge is 0.354 e. The van der Waals surface area contributed by atoms with Gasteiger partial charge in [-0.25, -0.2) is 0 Å². The molecule has 4 nitrogen and oxygen atoms in total. The van der Waals surface area contributed by atoms with Crippen molar-refractivity contribution in [1.82, 2.24) is 10.6 Å². The first-order valence-electron chi connectivity index (χ1n) is 5.68. The molecule has 84 valence electrons. The van der Waals surface area contributed by atoms with Crippen LogP contribution in [0.2, 0.25) is 0 Å². The molecule has 2 fully saturated rings. The van der Waals surface area contributed by atoms with Crippen LogP contribution < -0.4 is 10.6 Å². The summed E-state index contributed by atoms with van der Waals surface area (Å²) in [4.78, 5) is 23.1. The van der Waals surface area contributed by atoms with Gasteiger partial charge in [0.2, 0.25) is 11.8 Å². The highest BCUT2D eigenvalue weighted by Gasteiger charge is 2.48. The van der Waals surface area contributed by atoms with Gasteiger partial charge in [-0.2, -0.15) is 0 Å². The highest BCUT2D eigenvalue weighted by Crippen LogP contribution is 2.39. The maximum atomic E-state index is 11.6. The summed E-state index contributed by atoms with van der Waals surface area (Å²) in [5.41, 5.74) is 0. The number of hydrogen-bond donors (Lipinski definition) is 2. The lowest BCUT2D eigenvalue weighted by Gasteiger charge is -2.07. The van der Waals surface area contributed by atoms with E-state index in [1.54, 1.807) is 0 Å². The number of hydrogen-bond acceptors (Lipinski definition) is 2. The lowest BCUT2D eigenvalue weighted by Crippen LogP contribution is -2.34. The van der Waals surface area contributed by atoms with E-state index in [1.165, 1.54) is 0 Å². The molecule has 0 bridgehead atoms. The molecule has 2 aliphatic carbocycles. The summed E-state index contributed by atoms with van der Waals surface area (Å²) >= 11 is 0. The topological polar surface area (TPSA) is 58.2 Å². The normalized spacial score (nSPS) is 28.7. The molecule has 0 aliphatic heterocycles. The van der Waals surface area contributed by atoms with E-state index in [1.807, 2.05) is 13.8 Å². The molecule has 2 unspecified atom stereocenters. The standard InChI is InChI=1S/C11H18N2O2/c1-6(2)12-10(14)8-5-9(8)11(15)13-7-3-4-7/h6-9H,3-5H2,1-2H3,(H,12,14)(H,13,15). The molecule has 2 rings (SSSR count). The van der Waals surface area contributed by atoms with Gasteiger partial charge in [0.1, 0.15) is 0 Å². The highest BCUT2D eigenvalue weighted by molar-refractivity contribution is 5.92. The SMILES string of the molecule is CC(C)NC(=O)C1CC1C(=O)NC1CC1. The molecule has 0 saturated heterocycles. The number of carbonyl (C=O) groups is 2. The van der Waals surface area contributed by atoms with Gasteiger partial charge in [-0.05, 0) is 33.1 Å². The van der Waals surface area contributed by atoms with Gasteiger partial charge in [0, 0.05) is 12.1 Å². The Morgan fingerprint density at radius 3 is 2.27 bits per heavy atom. The van der Waals surface area contributed by atoms with Crippen molar-refractivity contribution in [2.45, 2.75) is 45.2 Å². The number of amides is 2. The predicted octanol–water partition coefficient (Wildman–Crippen LogP) is 0.426. The zero-order chi connectivity index (χ0) is 11.0. The van der Waals surface area contributed by atoms with Crippen molar-refractivity contribution >= 4 is 11.8 Å². The molecule has 0 aromatic heterocycles. The van der Waals surface area contributed by atoms with Gasteiger partial charge in [-0.3, -0.25) is 9.59 Å². The Balaban J connectivity index is 1.74. The Bertz CT molecular complexity index is 264. The van der Waals surface area contributed by atoms with Crippen LogP contribution in [0.1, 0.15) is 33.1 Å². The maximum absolute atomic E-state index is 11.6. The van der Waals surface area contributed by atoms with Crippen LogP contribution in [0.4, 0.5) is 0 Å². The van der Waals surface area contributed by atoms with Gasteiger partial charge in [-0.1, -0.05) is 0 Å². The molecule has 0 spiro atoms. The van der Waals surface area contributed by atoms with Gasteiger partial charge < -0.3 is 10.6 Å². The zero-order valence-electron chi connectivity index (χ0n) is 9.25. The minimum atomic E-state index is -0.0776. The number of nitrogens with one attached hydrogen (secondary N) is 2. The second-order valence-corrected chi connectivity index (χ2v) is 4.89. The first-order chi connectivity index (χ1) is 7.08. The monoisotopic (exact) mass is 210 g/mol. The van der Waals surface area contributed by atoms with Crippen molar-refractivity contribution in [2.24, 2.45) is 11.8 Å². The summed E-state index contributed by atoms with van der Waals surface area (Å²) in [6, 6.07) is 0.553. The summed E-state index contributed by atoms with van der Waals surface area (Å²) in [6.45, 7) is 3.86. The summed E-state index contributed by atoms with van der Waals surface area (Å²) in [6.07, 6.45) is 2.92. The number of rotatable bonds is 4.